The maximum atomic E-state index is 5.46. The SMILES string of the molecule is CCOc1cc(N2CCCC2CNC(C)(C)C)ncn1. The molecule has 1 atom stereocenters. The first-order chi connectivity index (χ1) is 9.49. The van der Waals surface area contributed by atoms with Crippen LogP contribution in [0.4, 0.5) is 5.82 Å². The lowest BCUT2D eigenvalue weighted by atomic mass is 10.1. The second-order valence-electron chi connectivity index (χ2n) is 6.27. The first-order valence-electron chi connectivity index (χ1n) is 7.46. The van der Waals surface area contributed by atoms with E-state index in [0.717, 1.165) is 18.9 Å². The van der Waals surface area contributed by atoms with Crippen molar-refractivity contribution in [3.05, 3.63) is 12.4 Å². The summed E-state index contributed by atoms with van der Waals surface area (Å²) in [6, 6.07) is 2.44. The van der Waals surface area contributed by atoms with Gasteiger partial charge in [-0.25, -0.2) is 9.97 Å². The van der Waals surface area contributed by atoms with Gasteiger partial charge < -0.3 is 15.0 Å². The van der Waals surface area contributed by atoms with Crippen LogP contribution in [0.1, 0.15) is 40.5 Å². The number of hydrogen-bond acceptors (Lipinski definition) is 5. The smallest absolute Gasteiger partial charge is 0.218 e. The molecule has 20 heavy (non-hydrogen) atoms. The normalized spacial score (nSPS) is 19.4. The molecule has 1 fully saturated rings. The molecule has 1 unspecified atom stereocenters. The van der Waals surface area contributed by atoms with Crippen LogP contribution in [0, 0.1) is 0 Å². The zero-order valence-electron chi connectivity index (χ0n) is 13.0. The van der Waals surface area contributed by atoms with Gasteiger partial charge in [-0.3, -0.25) is 0 Å². The van der Waals surface area contributed by atoms with Crippen LogP contribution < -0.4 is 15.0 Å². The standard InChI is InChI=1S/C15H26N4O/c1-5-20-14-9-13(16-11-17-14)19-8-6-7-12(19)10-18-15(2,3)4/h9,11-12,18H,5-8,10H2,1-4H3. The Morgan fingerprint density at radius 2 is 2.20 bits per heavy atom. The molecule has 0 aliphatic carbocycles. The summed E-state index contributed by atoms with van der Waals surface area (Å²) >= 11 is 0. The van der Waals surface area contributed by atoms with Gasteiger partial charge in [-0.1, -0.05) is 0 Å². The highest BCUT2D eigenvalue weighted by Crippen LogP contribution is 2.25. The van der Waals surface area contributed by atoms with Crippen LogP contribution in [0.3, 0.4) is 0 Å². The molecule has 1 aromatic heterocycles. The highest BCUT2D eigenvalue weighted by molar-refractivity contribution is 5.43. The maximum absolute atomic E-state index is 5.46. The van der Waals surface area contributed by atoms with Crippen molar-refractivity contribution >= 4 is 5.82 Å². The van der Waals surface area contributed by atoms with E-state index >= 15 is 0 Å². The number of hydrogen-bond donors (Lipinski definition) is 1. The molecular formula is C15H26N4O. The average molecular weight is 278 g/mol. The van der Waals surface area contributed by atoms with Gasteiger partial charge in [0.1, 0.15) is 12.1 Å². The van der Waals surface area contributed by atoms with Crippen molar-refractivity contribution in [1.29, 1.82) is 0 Å². The highest BCUT2D eigenvalue weighted by atomic mass is 16.5. The zero-order chi connectivity index (χ0) is 14.6. The van der Waals surface area contributed by atoms with E-state index in [9.17, 15) is 0 Å². The van der Waals surface area contributed by atoms with E-state index in [-0.39, 0.29) is 5.54 Å². The van der Waals surface area contributed by atoms with Crippen LogP contribution in [0.25, 0.3) is 0 Å². The van der Waals surface area contributed by atoms with Crippen LogP contribution in [-0.4, -0.2) is 41.2 Å². The van der Waals surface area contributed by atoms with E-state index in [1.54, 1.807) is 6.33 Å². The fourth-order valence-corrected chi connectivity index (χ4v) is 2.49. The lowest BCUT2D eigenvalue weighted by molar-refractivity contribution is 0.326. The molecule has 5 heteroatoms. The van der Waals surface area contributed by atoms with E-state index in [1.165, 1.54) is 12.8 Å². The molecule has 1 aliphatic rings. The fourth-order valence-electron chi connectivity index (χ4n) is 2.49. The Labute approximate surface area is 121 Å². The third-order valence-corrected chi connectivity index (χ3v) is 3.46. The van der Waals surface area contributed by atoms with Gasteiger partial charge in [0.15, 0.2) is 0 Å². The summed E-state index contributed by atoms with van der Waals surface area (Å²) < 4.78 is 5.46. The van der Waals surface area contributed by atoms with E-state index in [2.05, 4.69) is 41.0 Å². The first-order valence-corrected chi connectivity index (χ1v) is 7.46. The molecule has 1 N–H and O–H groups in total. The molecule has 0 aromatic carbocycles. The van der Waals surface area contributed by atoms with Crippen molar-refractivity contribution in [2.24, 2.45) is 0 Å². The minimum absolute atomic E-state index is 0.149. The van der Waals surface area contributed by atoms with Crippen LogP contribution >= 0.6 is 0 Å². The molecule has 1 aromatic rings. The van der Waals surface area contributed by atoms with E-state index in [4.69, 9.17) is 4.74 Å². The van der Waals surface area contributed by atoms with Gasteiger partial charge in [0, 0.05) is 30.7 Å². The molecule has 1 saturated heterocycles. The van der Waals surface area contributed by atoms with Crippen molar-refractivity contribution in [1.82, 2.24) is 15.3 Å². The van der Waals surface area contributed by atoms with E-state index < -0.39 is 0 Å². The van der Waals surface area contributed by atoms with Gasteiger partial charge >= 0.3 is 0 Å². The highest BCUT2D eigenvalue weighted by Gasteiger charge is 2.27. The summed E-state index contributed by atoms with van der Waals surface area (Å²) in [7, 11) is 0. The molecule has 0 radical (unpaired) electrons. The number of nitrogens with zero attached hydrogens (tertiary/aromatic N) is 3. The Balaban J connectivity index is 2.04. The molecular weight excluding hydrogens is 252 g/mol. The minimum atomic E-state index is 0.149. The molecule has 2 rings (SSSR count). The van der Waals surface area contributed by atoms with Crippen molar-refractivity contribution in [3.63, 3.8) is 0 Å². The maximum Gasteiger partial charge on any atom is 0.218 e. The Morgan fingerprint density at radius 1 is 1.40 bits per heavy atom. The molecule has 0 bridgehead atoms. The van der Waals surface area contributed by atoms with Crippen molar-refractivity contribution in [3.8, 4) is 5.88 Å². The third kappa shape index (κ3) is 4.07. The minimum Gasteiger partial charge on any atom is -0.478 e. The average Bonchev–Trinajstić information content (AvgIpc) is 2.84. The predicted molar refractivity (Wildman–Crippen MR) is 81.3 cm³/mol. The van der Waals surface area contributed by atoms with Crippen LogP contribution in [0.2, 0.25) is 0 Å². The molecule has 5 nitrogen and oxygen atoms in total. The lowest BCUT2D eigenvalue weighted by Gasteiger charge is -2.29. The quantitative estimate of drug-likeness (QED) is 0.895. The number of anilines is 1. The first kappa shape index (κ1) is 15.0. The molecule has 0 saturated carbocycles. The van der Waals surface area contributed by atoms with Crippen molar-refractivity contribution < 1.29 is 4.74 Å². The van der Waals surface area contributed by atoms with Gasteiger partial charge in [0.25, 0.3) is 0 Å². The van der Waals surface area contributed by atoms with Crippen LogP contribution in [0.5, 0.6) is 5.88 Å². The molecule has 1 aliphatic heterocycles. The molecule has 0 amide bonds. The largest absolute Gasteiger partial charge is 0.478 e. The Kier molecular flexibility index (Phi) is 4.81. The molecule has 112 valence electrons. The van der Waals surface area contributed by atoms with E-state index in [0.29, 0.717) is 18.5 Å². The summed E-state index contributed by atoms with van der Waals surface area (Å²) in [5, 5.41) is 3.59. The van der Waals surface area contributed by atoms with Crippen molar-refractivity contribution in [2.75, 3.05) is 24.6 Å². The number of nitrogens with one attached hydrogen (secondary N) is 1. The van der Waals surface area contributed by atoms with Gasteiger partial charge in [-0.05, 0) is 40.5 Å². The monoisotopic (exact) mass is 278 g/mol. The summed E-state index contributed by atoms with van der Waals surface area (Å²) in [5.41, 5.74) is 0.149. The van der Waals surface area contributed by atoms with Crippen LogP contribution in [-0.2, 0) is 0 Å². The molecule has 0 spiro atoms. The Hall–Kier alpha value is -1.36. The van der Waals surface area contributed by atoms with Gasteiger partial charge in [0.2, 0.25) is 5.88 Å². The number of ether oxygens (including phenoxy) is 1. The van der Waals surface area contributed by atoms with E-state index in [1.807, 2.05) is 13.0 Å². The summed E-state index contributed by atoms with van der Waals surface area (Å²) in [5.74, 6) is 1.63. The third-order valence-electron chi connectivity index (χ3n) is 3.46. The Bertz CT molecular complexity index is 430. The summed E-state index contributed by atoms with van der Waals surface area (Å²) in [6.07, 6.45) is 4.01. The second kappa shape index (κ2) is 6.39. The predicted octanol–water partition coefficient (Wildman–Crippen LogP) is 2.23. The van der Waals surface area contributed by atoms with Gasteiger partial charge in [0.05, 0.1) is 6.61 Å². The summed E-state index contributed by atoms with van der Waals surface area (Å²) in [6.45, 7) is 11.2. The second-order valence-corrected chi connectivity index (χ2v) is 6.27. The Morgan fingerprint density at radius 3 is 2.90 bits per heavy atom. The molecule has 2 heterocycles. The zero-order valence-corrected chi connectivity index (χ0v) is 13.0. The topological polar surface area (TPSA) is 50.3 Å². The summed E-state index contributed by atoms with van der Waals surface area (Å²) in [4.78, 5) is 10.9. The number of rotatable bonds is 5. The van der Waals surface area contributed by atoms with Gasteiger partial charge in [-0.2, -0.15) is 0 Å². The lowest BCUT2D eigenvalue weighted by Crippen LogP contribution is -2.45. The van der Waals surface area contributed by atoms with Crippen LogP contribution in [0.15, 0.2) is 12.4 Å². The van der Waals surface area contributed by atoms with Gasteiger partial charge in [-0.15, -0.1) is 0 Å². The fraction of sp³-hybridized carbons (Fsp3) is 0.733. The van der Waals surface area contributed by atoms with Crippen molar-refractivity contribution in [2.45, 2.75) is 52.1 Å². The number of aromatic nitrogens is 2.